The lowest BCUT2D eigenvalue weighted by molar-refractivity contribution is 0.0583. The zero-order valence-corrected chi connectivity index (χ0v) is 11.9. The van der Waals surface area contributed by atoms with Gasteiger partial charge in [0.05, 0.1) is 0 Å². The summed E-state index contributed by atoms with van der Waals surface area (Å²) < 4.78 is 0. The Balaban J connectivity index is 1.57. The number of rotatable bonds is 5. The molecule has 3 rings (SSSR count). The number of hydrogen-bond donors (Lipinski definition) is 1. The zero-order valence-electron chi connectivity index (χ0n) is 11.9. The number of likely N-dealkylation sites (tertiary alicyclic amines) is 1. The third-order valence-corrected chi connectivity index (χ3v) is 6.01. The molecule has 0 amide bonds. The lowest BCUT2D eigenvalue weighted by Crippen LogP contribution is -2.57. The van der Waals surface area contributed by atoms with E-state index in [0.717, 1.165) is 18.4 Å². The van der Waals surface area contributed by atoms with Crippen LogP contribution in [0.5, 0.6) is 0 Å². The van der Waals surface area contributed by atoms with Crippen LogP contribution in [0.2, 0.25) is 0 Å². The molecular weight excluding hydrogens is 222 g/mol. The van der Waals surface area contributed by atoms with Gasteiger partial charge in [0, 0.05) is 25.2 Å². The number of fused-ring (bicyclic) bond motifs is 2. The van der Waals surface area contributed by atoms with Gasteiger partial charge in [-0.25, -0.2) is 0 Å². The number of hydrogen-bond acceptors (Lipinski definition) is 3. The van der Waals surface area contributed by atoms with E-state index in [0.29, 0.717) is 5.54 Å². The molecule has 3 aliphatic rings. The van der Waals surface area contributed by atoms with Crippen molar-refractivity contribution in [2.24, 2.45) is 17.6 Å². The van der Waals surface area contributed by atoms with E-state index in [2.05, 4.69) is 16.8 Å². The van der Waals surface area contributed by atoms with E-state index in [4.69, 9.17) is 5.73 Å². The first-order chi connectivity index (χ1) is 8.74. The minimum Gasteiger partial charge on any atom is -0.329 e. The van der Waals surface area contributed by atoms with Gasteiger partial charge in [-0.2, -0.15) is 0 Å². The summed E-state index contributed by atoms with van der Waals surface area (Å²) in [5, 5.41) is 0. The van der Waals surface area contributed by atoms with Crippen molar-refractivity contribution in [1.82, 2.24) is 9.80 Å². The molecule has 2 bridgehead atoms. The van der Waals surface area contributed by atoms with E-state index in [1.807, 2.05) is 0 Å². The van der Waals surface area contributed by atoms with Gasteiger partial charge < -0.3 is 10.6 Å². The van der Waals surface area contributed by atoms with Crippen molar-refractivity contribution in [2.45, 2.75) is 44.1 Å². The highest BCUT2D eigenvalue weighted by atomic mass is 15.2. The largest absolute Gasteiger partial charge is 0.329 e. The van der Waals surface area contributed by atoms with E-state index < -0.39 is 0 Å². The Hall–Kier alpha value is -0.120. The van der Waals surface area contributed by atoms with Crippen molar-refractivity contribution < 1.29 is 0 Å². The molecule has 1 saturated heterocycles. The van der Waals surface area contributed by atoms with Crippen LogP contribution in [-0.4, -0.2) is 55.1 Å². The summed E-state index contributed by atoms with van der Waals surface area (Å²) >= 11 is 0. The van der Waals surface area contributed by atoms with Gasteiger partial charge in [-0.15, -0.1) is 0 Å². The predicted molar refractivity (Wildman–Crippen MR) is 75.5 cm³/mol. The molecule has 3 nitrogen and oxygen atoms in total. The topological polar surface area (TPSA) is 32.5 Å². The highest BCUT2D eigenvalue weighted by molar-refractivity contribution is 5.07. The summed E-state index contributed by atoms with van der Waals surface area (Å²) in [5.74, 6) is 1.86. The van der Waals surface area contributed by atoms with Crippen molar-refractivity contribution in [1.29, 1.82) is 0 Å². The van der Waals surface area contributed by atoms with Crippen molar-refractivity contribution in [3.63, 3.8) is 0 Å². The Morgan fingerprint density at radius 3 is 2.61 bits per heavy atom. The Kier molecular flexibility index (Phi) is 3.65. The summed E-state index contributed by atoms with van der Waals surface area (Å²) in [4.78, 5) is 5.24. The third kappa shape index (κ3) is 2.10. The highest BCUT2D eigenvalue weighted by Crippen LogP contribution is 2.52. The van der Waals surface area contributed by atoms with Crippen LogP contribution in [-0.2, 0) is 0 Å². The van der Waals surface area contributed by atoms with Crippen LogP contribution in [0.25, 0.3) is 0 Å². The minimum absolute atomic E-state index is 0.350. The first kappa shape index (κ1) is 12.9. The van der Waals surface area contributed by atoms with Gasteiger partial charge in [-0.1, -0.05) is 6.42 Å². The van der Waals surface area contributed by atoms with Crippen LogP contribution >= 0.6 is 0 Å². The maximum Gasteiger partial charge on any atom is 0.0360 e. The summed E-state index contributed by atoms with van der Waals surface area (Å²) in [6, 6.07) is 0. The fourth-order valence-corrected chi connectivity index (χ4v) is 4.81. The summed E-state index contributed by atoms with van der Waals surface area (Å²) in [7, 11) is 2.32. The fraction of sp³-hybridized carbons (Fsp3) is 1.00. The second-order valence-electron chi connectivity index (χ2n) is 6.86. The monoisotopic (exact) mass is 251 g/mol. The molecule has 0 spiro atoms. The summed E-state index contributed by atoms with van der Waals surface area (Å²) in [6.07, 6.45) is 8.51. The van der Waals surface area contributed by atoms with Gasteiger partial charge in [-0.3, -0.25) is 4.90 Å². The van der Waals surface area contributed by atoms with Gasteiger partial charge in [0.1, 0.15) is 0 Å². The van der Waals surface area contributed by atoms with Crippen LogP contribution in [0, 0.1) is 11.8 Å². The third-order valence-electron chi connectivity index (χ3n) is 6.01. The molecule has 2 N–H and O–H groups in total. The Labute approximate surface area is 112 Å². The molecule has 3 unspecified atom stereocenters. The quantitative estimate of drug-likeness (QED) is 0.804. The van der Waals surface area contributed by atoms with E-state index in [9.17, 15) is 0 Å². The van der Waals surface area contributed by atoms with Crippen molar-refractivity contribution in [3.05, 3.63) is 0 Å². The van der Waals surface area contributed by atoms with Crippen LogP contribution in [0.3, 0.4) is 0 Å². The number of nitrogens with zero attached hydrogens (tertiary/aromatic N) is 2. The minimum atomic E-state index is 0.350. The second kappa shape index (κ2) is 5.10. The SMILES string of the molecule is CN(CCN1CCCC1)C1(CN)CC2CCC1C2. The maximum atomic E-state index is 6.18. The predicted octanol–water partition coefficient (Wildman–Crippen LogP) is 1.53. The molecule has 0 aromatic carbocycles. The molecule has 0 radical (unpaired) electrons. The van der Waals surface area contributed by atoms with E-state index in [-0.39, 0.29) is 0 Å². The standard InChI is InChI=1S/C15H29N3/c1-17(8-9-18-6-2-3-7-18)15(12-16)11-13-4-5-14(15)10-13/h13-14H,2-12,16H2,1H3. The fourth-order valence-electron chi connectivity index (χ4n) is 4.81. The van der Waals surface area contributed by atoms with Gasteiger partial charge in [0.2, 0.25) is 0 Å². The van der Waals surface area contributed by atoms with E-state index in [1.165, 1.54) is 64.7 Å². The van der Waals surface area contributed by atoms with Gasteiger partial charge in [0.25, 0.3) is 0 Å². The van der Waals surface area contributed by atoms with Crippen molar-refractivity contribution >= 4 is 0 Å². The van der Waals surface area contributed by atoms with Crippen molar-refractivity contribution in [3.8, 4) is 0 Å². The van der Waals surface area contributed by atoms with Crippen LogP contribution in [0.4, 0.5) is 0 Å². The van der Waals surface area contributed by atoms with Gasteiger partial charge >= 0.3 is 0 Å². The smallest absolute Gasteiger partial charge is 0.0360 e. The molecule has 3 atom stereocenters. The summed E-state index contributed by atoms with van der Waals surface area (Å²) in [5.41, 5.74) is 6.53. The van der Waals surface area contributed by atoms with Crippen molar-refractivity contribution in [2.75, 3.05) is 39.8 Å². The molecule has 2 aliphatic carbocycles. The highest BCUT2D eigenvalue weighted by Gasteiger charge is 2.52. The van der Waals surface area contributed by atoms with E-state index >= 15 is 0 Å². The molecule has 18 heavy (non-hydrogen) atoms. The molecule has 1 heterocycles. The van der Waals surface area contributed by atoms with Crippen LogP contribution in [0.1, 0.15) is 38.5 Å². The lowest BCUT2D eigenvalue weighted by atomic mass is 9.79. The van der Waals surface area contributed by atoms with Gasteiger partial charge in [0.15, 0.2) is 0 Å². The molecule has 104 valence electrons. The molecule has 3 heteroatoms. The van der Waals surface area contributed by atoms with Crippen LogP contribution in [0.15, 0.2) is 0 Å². The first-order valence-electron chi connectivity index (χ1n) is 7.88. The lowest BCUT2D eigenvalue weighted by Gasteiger charge is -2.45. The maximum absolute atomic E-state index is 6.18. The molecule has 2 saturated carbocycles. The second-order valence-corrected chi connectivity index (χ2v) is 6.86. The Morgan fingerprint density at radius 1 is 1.28 bits per heavy atom. The Bertz CT molecular complexity index is 287. The summed E-state index contributed by atoms with van der Waals surface area (Å²) in [6.45, 7) is 5.95. The molecule has 0 aromatic rings. The molecular formula is C15H29N3. The number of nitrogens with two attached hydrogens (primary N) is 1. The van der Waals surface area contributed by atoms with E-state index in [1.54, 1.807) is 0 Å². The average molecular weight is 251 g/mol. The average Bonchev–Trinajstić information content (AvgIpc) is 3.11. The zero-order chi connectivity index (χ0) is 12.6. The normalized spacial score (nSPS) is 40.2. The van der Waals surface area contributed by atoms with Crippen LogP contribution < -0.4 is 5.73 Å². The Morgan fingerprint density at radius 2 is 2.06 bits per heavy atom. The molecule has 1 aliphatic heterocycles. The van der Waals surface area contributed by atoms with Gasteiger partial charge in [-0.05, 0) is 64.1 Å². The number of likely N-dealkylation sites (N-methyl/N-ethyl adjacent to an activating group) is 1. The first-order valence-corrected chi connectivity index (χ1v) is 7.88. The molecule has 3 fully saturated rings. The molecule has 0 aromatic heterocycles.